The van der Waals surface area contributed by atoms with E-state index in [1.54, 1.807) is 24.3 Å². The van der Waals surface area contributed by atoms with E-state index in [0.29, 0.717) is 0 Å². The summed E-state index contributed by atoms with van der Waals surface area (Å²) in [7, 11) is 0. The number of alkyl halides is 3. The predicted molar refractivity (Wildman–Crippen MR) is 142 cm³/mol. The van der Waals surface area contributed by atoms with Crippen LogP contribution in [0, 0.1) is 11.6 Å². The number of nitrogens with zero attached hydrogens (tertiary/aromatic N) is 4. The molecular formula is C27H17BrF5N5O4. The average Bonchev–Trinajstić information content (AvgIpc) is 3.23. The van der Waals surface area contributed by atoms with Crippen LogP contribution in [0.3, 0.4) is 0 Å². The Labute approximate surface area is 241 Å². The van der Waals surface area contributed by atoms with E-state index < -0.39 is 36.4 Å². The molecule has 0 saturated carbocycles. The average molecular weight is 650 g/mol. The van der Waals surface area contributed by atoms with Crippen molar-refractivity contribution in [2.24, 2.45) is 5.73 Å². The standard InChI is InChI=1S/C27H17BrF5N5O4/c28-20-22-24(25(37-13-36-22)41-12-27(31,32)33)38(23(20)21-18(30)9-16(10-35-21)42-26(34)39)15-6-7-19(17(29)8-15)40-11-14-4-2-1-3-5-14/h1-10,13H,11-12H2,(H2,34,39). The second-order valence-electron chi connectivity index (χ2n) is 8.59. The zero-order chi connectivity index (χ0) is 30.0. The number of hydrogen-bond donors (Lipinski definition) is 1. The second-order valence-corrected chi connectivity index (χ2v) is 9.38. The molecule has 0 aliphatic heterocycles. The number of benzene rings is 2. The maximum absolute atomic E-state index is 15.4. The number of amides is 1. The van der Waals surface area contributed by atoms with Crippen molar-refractivity contribution in [3.8, 4) is 34.5 Å². The lowest BCUT2D eigenvalue weighted by molar-refractivity contribution is -0.153. The number of ether oxygens (including phenoxy) is 3. The fourth-order valence-electron chi connectivity index (χ4n) is 4.02. The normalized spacial score (nSPS) is 11.5. The van der Waals surface area contributed by atoms with Crippen LogP contribution in [0.15, 0.2) is 71.6 Å². The van der Waals surface area contributed by atoms with E-state index in [0.717, 1.165) is 30.2 Å². The molecule has 0 spiro atoms. The Morgan fingerprint density at radius 3 is 2.40 bits per heavy atom. The van der Waals surface area contributed by atoms with Gasteiger partial charge in [-0.2, -0.15) is 18.2 Å². The Kier molecular flexibility index (Phi) is 7.93. The summed E-state index contributed by atoms with van der Waals surface area (Å²) >= 11 is 3.32. The molecule has 0 saturated heterocycles. The van der Waals surface area contributed by atoms with Crippen molar-refractivity contribution < 1.29 is 41.0 Å². The highest BCUT2D eigenvalue weighted by molar-refractivity contribution is 9.10. The Morgan fingerprint density at radius 1 is 0.976 bits per heavy atom. The molecule has 0 unspecified atom stereocenters. The van der Waals surface area contributed by atoms with Gasteiger partial charge >= 0.3 is 12.3 Å². The molecule has 0 atom stereocenters. The topological polar surface area (TPSA) is 114 Å². The van der Waals surface area contributed by atoms with Crippen LogP contribution >= 0.6 is 15.9 Å². The SMILES string of the molecule is NC(=O)Oc1cnc(-c2c(Br)c3ncnc(OCC(F)(F)F)c3n2-c2ccc(OCc3ccccc3)c(F)c2)c(F)c1. The molecule has 3 heterocycles. The summed E-state index contributed by atoms with van der Waals surface area (Å²) in [6.07, 6.45) is -3.94. The zero-order valence-corrected chi connectivity index (χ0v) is 22.6. The van der Waals surface area contributed by atoms with E-state index in [-0.39, 0.29) is 50.7 Å². The Hall–Kier alpha value is -4.79. The minimum atomic E-state index is -4.71. The van der Waals surface area contributed by atoms with Crippen molar-refractivity contribution >= 4 is 33.1 Å². The summed E-state index contributed by atoms with van der Waals surface area (Å²) < 4.78 is 86.3. The fourth-order valence-corrected chi connectivity index (χ4v) is 4.67. The number of fused-ring (bicyclic) bond motifs is 1. The number of rotatable bonds is 8. The van der Waals surface area contributed by atoms with Gasteiger partial charge < -0.3 is 24.5 Å². The maximum atomic E-state index is 15.4. The van der Waals surface area contributed by atoms with Gasteiger partial charge in [-0.3, -0.25) is 0 Å². The fraction of sp³-hybridized carbons (Fsp3) is 0.111. The van der Waals surface area contributed by atoms with Crippen molar-refractivity contribution in [3.63, 3.8) is 0 Å². The van der Waals surface area contributed by atoms with Crippen LogP contribution in [0.2, 0.25) is 0 Å². The number of pyridine rings is 1. The molecule has 15 heteroatoms. The minimum absolute atomic E-state index is 0.0145. The molecule has 5 rings (SSSR count). The molecule has 0 fully saturated rings. The summed E-state index contributed by atoms with van der Waals surface area (Å²) in [6, 6.07) is 13.6. The van der Waals surface area contributed by atoms with Crippen molar-refractivity contribution in [3.05, 3.63) is 88.8 Å². The minimum Gasteiger partial charge on any atom is -0.486 e. The second kappa shape index (κ2) is 11.6. The molecule has 9 nitrogen and oxygen atoms in total. The van der Waals surface area contributed by atoms with Crippen molar-refractivity contribution in [1.82, 2.24) is 19.5 Å². The number of halogens is 6. The van der Waals surface area contributed by atoms with Gasteiger partial charge in [0.25, 0.3) is 0 Å². The summed E-state index contributed by atoms with van der Waals surface area (Å²) in [6.45, 7) is -1.62. The van der Waals surface area contributed by atoms with Gasteiger partial charge in [-0.1, -0.05) is 30.3 Å². The lowest BCUT2D eigenvalue weighted by Gasteiger charge is -2.15. The first kappa shape index (κ1) is 28.7. The first-order chi connectivity index (χ1) is 20.0. The van der Waals surface area contributed by atoms with Gasteiger partial charge in [-0.05, 0) is 33.6 Å². The maximum Gasteiger partial charge on any atom is 0.422 e. The zero-order valence-electron chi connectivity index (χ0n) is 21.0. The molecule has 2 N–H and O–H groups in total. The highest BCUT2D eigenvalue weighted by Gasteiger charge is 2.31. The van der Waals surface area contributed by atoms with Crippen LogP contribution in [0.25, 0.3) is 28.1 Å². The van der Waals surface area contributed by atoms with Gasteiger partial charge in [0, 0.05) is 17.8 Å². The Balaban J connectivity index is 1.67. The molecule has 0 aliphatic rings. The molecular weight excluding hydrogens is 633 g/mol. The predicted octanol–water partition coefficient (Wildman–Crippen LogP) is 6.50. The van der Waals surface area contributed by atoms with Crippen molar-refractivity contribution in [1.29, 1.82) is 0 Å². The molecule has 216 valence electrons. The number of hydrogen-bond acceptors (Lipinski definition) is 7. The van der Waals surface area contributed by atoms with E-state index >= 15 is 8.78 Å². The van der Waals surface area contributed by atoms with E-state index in [9.17, 15) is 18.0 Å². The summed E-state index contributed by atoms with van der Waals surface area (Å²) in [5.41, 5.74) is 5.23. The summed E-state index contributed by atoms with van der Waals surface area (Å²) in [5, 5.41) is 0. The van der Waals surface area contributed by atoms with Crippen LogP contribution in [0.4, 0.5) is 26.7 Å². The van der Waals surface area contributed by atoms with Crippen molar-refractivity contribution in [2.45, 2.75) is 12.8 Å². The van der Waals surface area contributed by atoms with Crippen LogP contribution < -0.4 is 19.9 Å². The molecule has 0 aliphatic carbocycles. The number of nitrogens with two attached hydrogens (primary N) is 1. The number of carbonyl (C=O) groups excluding carboxylic acids is 1. The van der Waals surface area contributed by atoms with Crippen LogP contribution in [0.1, 0.15) is 5.56 Å². The number of primary amides is 1. The van der Waals surface area contributed by atoms with Gasteiger partial charge in [0.05, 0.1) is 16.4 Å². The van der Waals surface area contributed by atoms with E-state index in [2.05, 4.69) is 35.6 Å². The monoisotopic (exact) mass is 649 g/mol. The quantitative estimate of drug-likeness (QED) is 0.191. The lowest BCUT2D eigenvalue weighted by Crippen LogP contribution is -2.20. The Bertz CT molecular complexity index is 1780. The van der Waals surface area contributed by atoms with Crippen LogP contribution in [0.5, 0.6) is 17.4 Å². The first-order valence-electron chi connectivity index (χ1n) is 11.9. The molecule has 1 amide bonds. The van der Waals surface area contributed by atoms with Gasteiger partial charge in [-0.15, -0.1) is 0 Å². The third-order valence-electron chi connectivity index (χ3n) is 5.69. The number of aromatic nitrogens is 4. The summed E-state index contributed by atoms with van der Waals surface area (Å²) in [5.74, 6) is -2.75. The van der Waals surface area contributed by atoms with Gasteiger partial charge in [0.1, 0.15) is 29.7 Å². The molecule has 3 aromatic heterocycles. The molecule has 5 aromatic rings. The molecule has 42 heavy (non-hydrogen) atoms. The third kappa shape index (κ3) is 6.10. The Morgan fingerprint density at radius 2 is 1.74 bits per heavy atom. The third-order valence-corrected chi connectivity index (χ3v) is 6.45. The van der Waals surface area contributed by atoms with E-state index in [1.807, 2.05) is 6.07 Å². The van der Waals surface area contributed by atoms with E-state index in [4.69, 9.17) is 15.2 Å². The van der Waals surface area contributed by atoms with Crippen molar-refractivity contribution in [2.75, 3.05) is 6.61 Å². The van der Waals surface area contributed by atoms with E-state index in [1.165, 1.54) is 16.7 Å². The molecule has 0 radical (unpaired) electrons. The van der Waals surface area contributed by atoms with Crippen LogP contribution in [-0.2, 0) is 6.61 Å². The largest absolute Gasteiger partial charge is 0.486 e. The smallest absolute Gasteiger partial charge is 0.422 e. The number of carbonyl (C=O) groups is 1. The van der Waals surface area contributed by atoms with Crippen LogP contribution in [-0.4, -0.2) is 38.4 Å². The van der Waals surface area contributed by atoms with Gasteiger partial charge in [0.15, 0.2) is 29.7 Å². The highest BCUT2D eigenvalue weighted by Crippen LogP contribution is 2.43. The lowest BCUT2D eigenvalue weighted by atomic mass is 10.2. The molecule has 2 aromatic carbocycles. The summed E-state index contributed by atoms with van der Waals surface area (Å²) in [4.78, 5) is 23.1. The molecule has 0 bridgehead atoms. The van der Waals surface area contributed by atoms with Gasteiger partial charge in [0.2, 0.25) is 5.88 Å². The highest BCUT2D eigenvalue weighted by atomic mass is 79.9. The van der Waals surface area contributed by atoms with Gasteiger partial charge in [-0.25, -0.2) is 23.5 Å². The first-order valence-corrected chi connectivity index (χ1v) is 12.7.